The van der Waals surface area contributed by atoms with Crippen molar-refractivity contribution >= 4 is 11.6 Å². The molecule has 0 unspecified atom stereocenters. The number of piperidine rings is 1. The van der Waals surface area contributed by atoms with E-state index < -0.39 is 0 Å². The van der Waals surface area contributed by atoms with Gasteiger partial charge < -0.3 is 15.4 Å². The number of carbonyl (C=O) groups excluding carboxylic acids is 1. The van der Waals surface area contributed by atoms with Crippen LogP contribution in [0.4, 0.5) is 10.1 Å². The van der Waals surface area contributed by atoms with Crippen molar-refractivity contribution in [2.45, 2.75) is 31.8 Å². The molecule has 2 N–H and O–H groups in total. The maximum Gasteiger partial charge on any atom is 0.237 e. The second kappa shape index (κ2) is 8.84. The van der Waals surface area contributed by atoms with Gasteiger partial charge >= 0.3 is 0 Å². The van der Waals surface area contributed by atoms with Gasteiger partial charge in [-0.25, -0.2) is 4.39 Å². The molecule has 128 valence electrons. The number of carbonyl (C=O) groups is 1. The monoisotopic (exact) mass is 323 g/mol. The number of rotatable bonds is 7. The Bertz CT molecular complexity index is 487. The molecule has 1 aromatic rings. The van der Waals surface area contributed by atoms with Crippen LogP contribution < -0.4 is 10.6 Å². The molecule has 0 saturated carbocycles. The molecule has 0 aromatic heterocycles. The van der Waals surface area contributed by atoms with Crippen LogP contribution in [0, 0.1) is 5.82 Å². The first-order valence-electron chi connectivity index (χ1n) is 8.13. The van der Waals surface area contributed by atoms with E-state index in [0.29, 0.717) is 19.2 Å². The Morgan fingerprint density at radius 3 is 2.61 bits per heavy atom. The molecule has 1 heterocycles. The number of hydrogen-bond acceptors (Lipinski definition) is 4. The van der Waals surface area contributed by atoms with E-state index in [1.54, 1.807) is 19.2 Å². The Morgan fingerprint density at radius 2 is 2.00 bits per heavy atom. The number of likely N-dealkylation sites (tertiary alicyclic amines) is 1. The molecular formula is C17H26FN3O2. The van der Waals surface area contributed by atoms with Crippen molar-refractivity contribution in [2.24, 2.45) is 0 Å². The standard InChI is InChI=1S/C17H26FN3O2/c1-13(17(22)19-9-12-23-2)21-10-7-16(8-11-21)20-15-5-3-14(18)4-6-15/h3-6,13,16,20H,7-12H2,1-2H3,(H,19,22)/t13-/m0/s1. The molecule has 1 fully saturated rings. The SMILES string of the molecule is COCCNC(=O)[C@H](C)N1CCC(Nc2ccc(F)cc2)CC1. The van der Waals surface area contributed by atoms with Crippen molar-refractivity contribution in [3.63, 3.8) is 0 Å². The average molecular weight is 323 g/mol. The number of nitrogens with zero attached hydrogens (tertiary/aromatic N) is 1. The smallest absolute Gasteiger partial charge is 0.237 e. The van der Waals surface area contributed by atoms with Crippen molar-refractivity contribution < 1.29 is 13.9 Å². The van der Waals surface area contributed by atoms with Crippen molar-refractivity contribution in [2.75, 3.05) is 38.7 Å². The molecule has 23 heavy (non-hydrogen) atoms. The molecular weight excluding hydrogens is 297 g/mol. The maximum absolute atomic E-state index is 12.9. The van der Waals surface area contributed by atoms with E-state index in [0.717, 1.165) is 31.6 Å². The van der Waals surface area contributed by atoms with Crippen LogP contribution in [0.5, 0.6) is 0 Å². The lowest BCUT2D eigenvalue weighted by molar-refractivity contribution is -0.126. The zero-order chi connectivity index (χ0) is 16.7. The summed E-state index contributed by atoms with van der Waals surface area (Å²) in [5, 5.41) is 6.31. The first kappa shape index (κ1) is 17.7. The first-order valence-corrected chi connectivity index (χ1v) is 8.13. The first-order chi connectivity index (χ1) is 11.1. The van der Waals surface area contributed by atoms with Gasteiger partial charge in [0.2, 0.25) is 5.91 Å². The number of anilines is 1. The van der Waals surface area contributed by atoms with Crippen LogP contribution in [-0.2, 0) is 9.53 Å². The lowest BCUT2D eigenvalue weighted by atomic mass is 10.0. The van der Waals surface area contributed by atoms with E-state index >= 15 is 0 Å². The molecule has 5 nitrogen and oxygen atoms in total. The average Bonchev–Trinajstić information content (AvgIpc) is 2.57. The van der Waals surface area contributed by atoms with Gasteiger partial charge in [-0.2, -0.15) is 0 Å². The van der Waals surface area contributed by atoms with Gasteiger partial charge in [-0.3, -0.25) is 9.69 Å². The molecule has 1 aromatic carbocycles. The minimum Gasteiger partial charge on any atom is -0.383 e. The Labute approximate surface area is 137 Å². The summed E-state index contributed by atoms with van der Waals surface area (Å²) in [6, 6.07) is 6.67. The Morgan fingerprint density at radius 1 is 1.35 bits per heavy atom. The molecule has 1 aliphatic rings. The minimum atomic E-state index is -0.223. The van der Waals surface area contributed by atoms with E-state index in [2.05, 4.69) is 15.5 Å². The summed E-state index contributed by atoms with van der Waals surface area (Å²) in [6.45, 7) is 4.76. The topological polar surface area (TPSA) is 53.6 Å². The summed E-state index contributed by atoms with van der Waals surface area (Å²) in [6.07, 6.45) is 1.93. The number of benzene rings is 1. The van der Waals surface area contributed by atoms with Gasteiger partial charge in [-0.1, -0.05) is 0 Å². The zero-order valence-corrected chi connectivity index (χ0v) is 13.8. The number of halogens is 1. The van der Waals surface area contributed by atoms with Crippen LogP contribution >= 0.6 is 0 Å². The van der Waals surface area contributed by atoms with Crippen molar-refractivity contribution in [1.82, 2.24) is 10.2 Å². The molecule has 1 amide bonds. The van der Waals surface area contributed by atoms with Gasteiger partial charge in [-0.15, -0.1) is 0 Å². The molecule has 2 rings (SSSR count). The summed E-state index contributed by atoms with van der Waals surface area (Å²) >= 11 is 0. The van der Waals surface area contributed by atoms with Crippen LogP contribution in [0.3, 0.4) is 0 Å². The fraction of sp³-hybridized carbons (Fsp3) is 0.588. The van der Waals surface area contributed by atoms with Crippen LogP contribution in [-0.4, -0.2) is 56.2 Å². The van der Waals surface area contributed by atoms with Crippen molar-refractivity contribution in [3.8, 4) is 0 Å². The molecule has 1 aliphatic heterocycles. The van der Waals surface area contributed by atoms with E-state index in [9.17, 15) is 9.18 Å². The molecule has 1 saturated heterocycles. The maximum atomic E-state index is 12.9. The van der Waals surface area contributed by atoms with Gasteiger partial charge in [0.05, 0.1) is 12.6 Å². The van der Waals surface area contributed by atoms with Crippen LogP contribution in [0.2, 0.25) is 0 Å². The summed E-state index contributed by atoms with van der Waals surface area (Å²) in [4.78, 5) is 14.3. The predicted octanol–water partition coefficient (Wildman–Crippen LogP) is 1.85. The third kappa shape index (κ3) is 5.48. The third-order valence-electron chi connectivity index (χ3n) is 4.28. The largest absolute Gasteiger partial charge is 0.383 e. The molecule has 1 atom stereocenters. The summed E-state index contributed by atoms with van der Waals surface area (Å²) in [5.74, 6) is -0.175. The van der Waals surface area contributed by atoms with Crippen LogP contribution in [0.15, 0.2) is 24.3 Å². The number of methoxy groups -OCH3 is 1. The number of ether oxygens (including phenoxy) is 1. The summed E-state index contributed by atoms with van der Waals surface area (Å²) in [5.41, 5.74) is 0.940. The van der Waals surface area contributed by atoms with E-state index in [4.69, 9.17) is 4.74 Å². The van der Waals surface area contributed by atoms with Gasteiger partial charge in [-0.05, 0) is 44.0 Å². The highest BCUT2D eigenvalue weighted by molar-refractivity contribution is 5.81. The lowest BCUT2D eigenvalue weighted by Gasteiger charge is -2.36. The second-order valence-corrected chi connectivity index (χ2v) is 5.92. The minimum absolute atomic E-state index is 0.0481. The second-order valence-electron chi connectivity index (χ2n) is 5.92. The Hall–Kier alpha value is -1.66. The van der Waals surface area contributed by atoms with Gasteiger partial charge in [0.1, 0.15) is 5.82 Å². The highest BCUT2D eigenvalue weighted by Gasteiger charge is 2.26. The van der Waals surface area contributed by atoms with Crippen molar-refractivity contribution in [1.29, 1.82) is 0 Å². The fourth-order valence-electron chi connectivity index (χ4n) is 2.80. The van der Waals surface area contributed by atoms with Crippen LogP contribution in [0.25, 0.3) is 0 Å². The Kier molecular flexibility index (Phi) is 6.80. The highest BCUT2D eigenvalue weighted by atomic mass is 19.1. The normalized spacial score (nSPS) is 17.7. The number of nitrogens with one attached hydrogen (secondary N) is 2. The third-order valence-corrected chi connectivity index (χ3v) is 4.28. The summed E-state index contributed by atoms with van der Waals surface area (Å²) in [7, 11) is 1.62. The van der Waals surface area contributed by atoms with E-state index in [-0.39, 0.29) is 17.8 Å². The van der Waals surface area contributed by atoms with Gasteiger partial charge in [0, 0.05) is 38.5 Å². The lowest BCUT2D eigenvalue weighted by Crippen LogP contribution is -2.50. The van der Waals surface area contributed by atoms with Crippen LogP contribution in [0.1, 0.15) is 19.8 Å². The van der Waals surface area contributed by atoms with Crippen molar-refractivity contribution in [3.05, 3.63) is 30.1 Å². The highest BCUT2D eigenvalue weighted by Crippen LogP contribution is 2.18. The van der Waals surface area contributed by atoms with Gasteiger partial charge in [0.25, 0.3) is 0 Å². The molecule has 0 radical (unpaired) electrons. The molecule has 0 aliphatic carbocycles. The molecule has 0 spiro atoms. The number of amides is 1. The predicted molar refractivity (Wildman–Crippen MR) is 89.0 cm³/mol. The molecule has 6 heteroatoms. The fourth-order valence-corrected chi connectivity index (χ4v) is 2.80. The van der Waals surface area contributed by atoms with E-state index in [1.165, 1.54) is 12.1 Å². The Balaban J connectivity index is 1.74. The zero-order valence-electron chi connectivity index (χ0n) is 13.8. The quantitative estimate of drug-likeness (QED) is 0.752. The number of hydrogen-bond donors (Lipinski definition) is 2. The van der Waals surface area contributed by atoms with Gasteiger partial charge in [0.15, 0.2) is 0 Å². The van der Waals surface area contributed by atoms with E-state index in [1.807, 2.05) is 6.92 Å². The summed E-state index contributed by atoms with van der Waals surface area (Å²) < 4.78 is 17.8. The molecule has 0 bridgehead atoms.